The van der Waals surface area contributed by atoms with E-state index < -0.39 is 39.5 Å². The summed E-state index contributed by atoms with van der Waals surface area (Å²) in [7, 11) is -3.85. The molecule has 3 atom stereocenters. The number of esters is 1. The van der Waals surface area contributed by atoms with Crippen LogP contribution in [0.15, 0.2) is 30.3 Å². The summed E-state index contributed by atoms with van der Waals surface area (Å²) in [6.45, 7) is 1.80. The van der Waals surface area contributed by atoms with Crippen molar-refractivity contribution in [2.24, 2.45) is 11.7 Å². The molecule has 3 unspecified atom stereocenters. The van der Waals surface area contributed by atoms with E-state index in [4.69, 9.17) is 10.5 Å². The molecule has 8 nitrogen and oxygen atoms in total. The Kier molecular flexibility index (Phi) is 11.5. The normalized spacial score (nSPS) is 21.6. The molecule has 1 fully saturated rings. The predicted octanol–water partition coefficient (Wildman–Crippen LogP) is 3.18. The van der Waals surface area contributed by atoms with Crippen molar-refractivity contribution in [1.29, 1.82) is 0 Å². The van der Waals surface area contributed by atoms with Gasteiger partial charge in [-0.2, -0.15) is 0 Å². The maximum absolute atomic E-state index is 13.2. The number of ether oxygens (including phenoxy) is 1. The number of hydrogen-bond acceptors (Lipinski definition) is 6. The molecule has 1 aromatic carbocycles. The van der Waals surface area contributed by atoms with Crippen LogP contribution in [0.2, 0.25) is 0 Å². The molecule has 1 aromatic rings. The highest BCUT2D eigenvalue weighted by Gasteiger charge is 2.50. The molecular formula is C25H40N2O6S. The van der Waals surface area contributed by atoms with E-state index in [0.29, 0.717) is 24.8 Å². The van der Waals surface area contributed by atoms with Crippen LogP contribution >= 0.6 is 0 Å². The fourth-order valence-electron chi connectivity index (χ4n) is 4.62. The molecule has 34 heavy (non-hydrogen) atoms. The summed E-state index contributed by atoms with van der Waals surface area (Å²) in [5.74, 6) is -2.48. The maximum atomic E-state index is 13.2. The molecule has 0 spiro atoms. The topological polar surface area (TPSA) is 136 Å². The van der Waals surface area contributed by atoms with Crippen molar-refractivity contribution in [1.82, 2.24) is 4.72 Å². The third-order valence-corrected chi connectivity index (χ3v) is 7.94. The number of amides is 1. The Balaban J connectivity index is 2.16. The summed E-state index contributed by atoms with van der Waals surface area (Å²) in [6, 6.07) is 7.58. The number of nitrogens with two attached hydrogens (primary N) is 1. The van der Waals surface area contributed by atoms with E-state index in [1.165, 1.54) is 0 Å². The van der Waals surface area contributed by atoms with Crippen LogP contribution in [0, 0.1) is 5.92 Å². The molecule has 1 aliphatic rings. The van der Waals surface area contributed by atoms with Crippen molar-refractivity contribution >= 4 is 21.9 Å². The second-order valence-corrected chi connectivity index (χ2v) is 11.0. The minimum atomic E-state index is -3.85. The second kappa shape index (κ2) is 13.8. The van der Waals surface area contributed by atoms with Crippen LogP contribution in [-0.2, 0) is 30.1 Å². The Hall–Kier alpha value is -1.97. The molecular weight excluding hydrogens is 456 g/mol. The van der Waals surface area contributed by atoms with Crippen LogP contribution in [0.25, 0.3) is 0 Å². The molecule has 0 heterocycles. The van der Waals surface area contributed by atoms with Crippen LogP contribution in [0.1, 0.15) is 83.1 Å². The predicted molar refractivity (Wildman–Crippen MR) is 131 cm³/mol. The number of aliphatic hydroxyl groups excluding tert-OH is 1. The van der Waals surface area contributed by atoms with Gasteiger partial charge in [-0.25, -0.2) is 13.1 Å². The van der Waals surface area contributed by atoms with Crippen LogP contribution in [-0.4, -0.2) is 43.7 Å². The second-order valence-electron chi connectivity index (χ2n) is 9.27. The summed E-state index contributed by atoms with van der Waals surface area (Å²) in [6.07, 6.45) is 8.28. The van der Waals surface area contributed by atoms with E-state index in [1.807, 2.05) is 0 Å². The van der Waals surface area contributed by atoms with Gasteiger partial charge in [0.2, 0.25) is 10.0 Å². The van der Waals surface area contributed by atoms with Gasteiger partial charge < -0.3 is 15.6 Å². The number of rotatable bonds is 15. The summed E-state index contributed by atoms with van der Waals surface area (Å²) >= 11 is 0. The first kappa shape index (κ1) is 28.3. The van der Waals surface area contributed by atoms with Crippen molar-refractivity contribution in [3.05, 3.63) is 35.9 Å². The van der Waals surface area contributed by atoms with Gasteiger partial charge in [-0.1, -0.05) is 82.2 Å². The van der Waals surface area contributed by atoms with E-state index in [-0.39, 0.29) is 25.2 Å². The fraction of sp³-hybridized carbons (Fsp3) is 0.680. The zero-order valence-electron chi connectivity index (χ0n) is 20.2. The number of carbonyl (C=O) groups excluding carboxylic acids is 2. The zero-order chi connectivity index (χ0) is 25.0. The third kappa shape index (κ3) is 8.36. The number of hydrogen-bond donors (Lipinski definition) is 3. The Morgan fingerprint density at radius 1 is 1.15 bits per heavy atom. The summed E-state index contributed by atoms with van der Waals surface area (Å²) in [5.41, 5.74) is 4.63. The Labute approximate surface area is 203 Å². The van der Waals surface area contributed by atoms with E-state index in [2.05, 4.69) is 11.6 Å². The highest BCUT2D eigenvalue weighted by molar-refractivity contribution is 7.88. The lowest BCUT2D eigenvalue weighted by atomic mass is 9.75. The van der Waals surface area contributed by atoms with Crippen LogP contribution in [0.5, 0.6) is 0 Å². The maximum Gasteiger partial charge on any atom is 0.325 e. The molecule has 0 aromatic heterocycles. The zero-order valence-corrected chi connectivity index (χ0v) is 21.0. The first-order valence-corrected chi connectivity index (χ1v) is 14.1. The quantitative estimate of drug-likeness (QED) is 0.252. The fourth-order valence-corrected chi connectivity index (χ4v) is 5.98. The van der Waals surface area contributed by atoms with Gasteiger partial charge in [0.25, 0.3) is 5.91 Å². The van der Waals surface area contributed by atoms with Crippen molar-refractivity contribution < 1.29 is 27.9 Å². The number of carbonyl (C=O) groups is 2. The molecule has 192 valence electrons. The van der Waals surface area contributed by atoms with Crippen molar-refractivity contribution in [3.8, 4) is 0 Å². The number of sulfonamides is 1. The average molecular weight is 497 g/mol. The first-order chi connectivity index (χ1) is 16.2. The van der Waals surface area contributed by atoms with Gasteiger partial charge in [-0.05, 0) is 31.2 Å². The number of benzene rings is 1. The molecule has 4 N–H and O–H groups in total. The van der Waals surface area contributed by atoms with Crippen LogP contribution < -0.4 is 10.5 Å². The lowest BCUT2D eigenvalue weighted by Gasteiger charge is -2.40. The molecule has 1 saturated carbocycles. The summed E-state index contributed by atoms with van der Waals surface area (Å²) < 4.78 is 33.9. The standard InChI is InChI=1S/C25H40N2O6S/c1-2-3-4-5-6-10-16-22(27-34(31,32)19-20-13-8-7-9-14-20)23(29)33-25(24(26)30)17-12-11-15-21(25)18-28/h7-9,13-14,21-22,27-28H,2-6,10-12,15-19H2,1H3,(H2,26,30). The SMILES string of the molecule is CCCCCCCCC(NS(=O)(=O)Cc1ccccc1)C(=O)OC1(C(N)=O)CCCCC1CO. The van der Waals surface area contributed by atoms with Gasteiger partial charge in [0.1, 0.15) is 6.04 Å². The first-order valence-electron chi connectivity index (χ1n) is 12.4. The molecule has 0 bridgehead atoms. The molecule has 1 amide bonds. The lowest BCUT2D eigenvalue weighted by molar-refractivity contribution is -0.182. The van der Waals surface area contributed by atoms with Gasteiger partial charge in [0.15, 0.2) is 5.60 Å². The monoisotopic (exact) mass is 496 g/mol. The van der Waals surface area contributed by atoms with E-state index >= 15 is 0 Å². The molecule has 0 aliphatic heterocycles. The number of nitrogens with one attached hydrogen (secondary N) is 1. The van der Waals surface area contributed by atoms with Crippen LogP contribution in [0.3, 0.4) is 0 Å². The average Bonchev–Trinajstić information content (AvgIpc) is 2.80. The van der Waals surface area contributed by atoms with E-state index in [9.17, 15) is 23.1 Å². The van der Waals surface area contributed by atoms with Crippen molar-refractivity contribution in [2.45, 2.75) is 94.9 Å². The van der Waals surface area contributed by atoms with E-state index in [1.54, 1.807) is 30.3 Å². The molecule has 9 heteroatoms. The minimum Gasteiger partial charge on any atom is -0.447 e. The van der Waals surface area contributed by atoms with Gasteiger partial charge in [0, 0.05) is 5.92 Å². The van der Waals surface area contributed by atoms with Gasteiger partial charge in [0.05, 0.1) is 12.4 Å². The highest BCUT2D eigenvalue weighted by atomic mass is 32.2. The Bertz CT molecular complexity index is 877. The number of unbranched alkanes of at least 4 members (excludes halogenated alkanes) is 5. The molecule has 1 aliphatic carbocycles. The van der Waals surface area contributed by atoms with Gasteiger partial charge in [-0.3, -0.25) is 9.59 Å². The van der Waals surface area contributed by atoms with E-state index in [0.717, 1.165) is 38.5 Å². The van der Waals surface area contributed by atoms with Crippen molar-refractivity contribution in [2.75, 3.05) is 6.61 Å². The highest BCUT2D eigenvalue weighted by Crippen LogP contribution is 2.37. The van der Waals surface area contributed by atoms with Crippen molar-refractivity contribution in [3.63, 3.8) is 0 Å². The summed E-state index contributed by atoms with van der Waals surface area (Å²) in [4.78, 5) is 25.6. The number of primary amides is 1. The van der Waals surface area contributed by atoms with Gasteiger partial charge >= 0.3 is 5.97 Å². The molecule has 0 radical (unpaired) electrons. The Morgan fingerprint density at radius 3 is 2.47 bits per heavy atom. The minimum absolute atomic E-state index is 0.222. The Morgan fingerprint density at radius 2 is 1.82 bits per heavy atom. The number of aliphatic hydroxyl groups is 1. The summed E-state index contributed by atoms with van der Waals surface area (Å²) in [5, 5.41) is 9.81. The van der Waals surface area contributed by atoms with Crippen LogP contribution in [0.4, 0.5) is 0 Å². The smallest absolute Gasteiger partial charge is 0.325 e. The third-order valence-electron chi connectivity index (χ3n) is 6.58. The molecule has 2 rings (SSSR count). The largest absolute Gasteiger partial charge is 0.447 e. The van der Waals surface area contributed by atoms with Gasteiger partial charge in [-0.15, -0.1) is 0 Å². The lowest BCUT2D eigenvalue weighted by Crippen LogP contribution is -2.58. The molecule has 0 saturated heterocycles.